The van der Waals surface area contributed by atoms with E-state index in [1.807, 2.05) is 11.3 Å². The Morgan fingerprint density at radius 2 is 2.25 bits per heavy atom. The van der Waals surface area contributed by atoms with Gasteiger partial charge in [-0.1, -0.05) is 26.0 Å². The molecule has 0 aliphatic carbocycles. The van der Waals surface area contributed by atoms with Crippen molar-refractivity contribution < 1.29 is 0 Å². The van der Waals surface area contributed by atoms with E-state index in [0.29, 0.717) is 5.92 Å². The zero-order valence-corrected chi connectivity index (χ0v) is 8.87. The molecule has 0 nitrogen and oxygen atoms in total. The van der Waals surface area contributed by atoms with Gasteiger partial charge in [0.15, 0.2) is 0 Å². The Labute approximate surface area is 78.9 Å². The van der Waals surface area contributed by atoms with Gasteiger partial charge < -0.3 is 0 Å². The molecule has 1 aromatic rings. The summed E-state index contributed by atoms with van der Waals surface area (Å²) in [5, 5.41) is 2.17. The zero-order chi connectivity index (χ0) is 9.14. The highest BCUT2D eigenvalue weighted by Gasteiger charge is 2.07. The molecule has 0 aliphatic rings. The Balaban J connectivity index is 2.84. The summed E-state index contributed by atoms with van der Waals surface area (Å²) in [6.07, 6.45) is 1.05. The average Bonchev–Trinajstić information content (AvgIpc) is 2.33. The molecule has 0 radical (unpaired) electrons. The normalized spacial score (nSPS) is 10.7. The third-order valence-corrected chi connectivity index (χ3v) is 2.80. The number of hydrogen-bond acceptors (Lipinski definition) is 1. The molecule has 0 amide bonds. The predicted octanol–water partition coefficient (Wildman–Crippen LogP) is 3.99. The third-order valence-electron chi connectivity index (χ3n) is 1.86. The Bertz CT molecular complexity index is 268. The molecule has 1 heteroatoms. The van der Waals surface area contributed by atoms with Crippen LogP contribution in [-0.4, -0.2) is 0 Å². The van der Waals surface area contributed by atoms with Gasteiger partial charge in [0.25, 0.3) is 0 Å². The van der Waals surface area contributed by atoms with Crippen LogP contribution in [0.2, 0.25) is 0 Å². The number of thiophene rings is 1. The van der Waals surface area contributed by atoms with E-state index in [2.05, 4.69) is 38.8 Å². The highest BCUT2D eigenvalue weighted by molar-refractivity contribution is 7.10. The van der Waals surface area contributed by atoms with Crippen LogP contribution in [0.3, 0.4) is 0 Å². The van der Waals surface area contributed by atoms with Crippen molar-refractivity contribution in [1.82, 2.24) is 0 Å². The minimum atomic E-state index is 0.644. The van der Waals surface area contributed by atoms with E-state index in [1.165, 1.54) is 16.0 Å². The fraction of sp³-hybridized carbons (Fsp3) is 0.455. The molecule has 12 heavy (non-hydrogen) atoms. The van der Waals surface area contributed by atoms with Gasteiger partial charge in [0, 0.05) is 11.3 Å². The molecule has 0 spiro atoms. The highest BCUT2D eigenvalue weighted by atomic mass is 32.1. The Kier molecular flexibility index (Phi) is 3.10. The van der Waals surface area contributed by atoms with Crippen LogP contribution in [-0.2, 0) is 6.42 Å². The molecule has 0 N–H and O–H groups in total. The SMILES string of the molecule is C=C(C)Cc1sccc1C(C)C. The standard InChI is InChI=1S/C11H16S/c1-8(2)7-11-10(9(3)4)5-6-12-11/h5-6,9H,1,7H2,2-4H3. The second kappa shape index (κ2) is 3.90. The maximum atomic E-state index is 3.94. The smallest absolute Gasteiger partial charge is 0.0120 e. The quantitative estimate of drug-likeness (QED) is 0.617. The second-order valence-corrected chi connectivity index (χ2v) is 4.59. The van der Waals surface area contributed by atoms with Crippen LogP contribution >= 0.6 is 11.3 Å². The lowest BCUT2D eigenvalue weighted by Crippen LogP contribution is -1.91. The Hall–Kier alpha value is -0.560. The average molecular weight is 180 g/mol. The van der Waals surface area contributed by atoms with Crippen LogP contribution in [0.15, 0.2) is 23.6 Å². The molecule has 1 aromatic heterocycles. The van der Waals surface area contributed by atoms with E-state index in [-0.39, 0.29) is 0 Å². The molecule has 1 heterocycles. The number of rotatable bonds is 3. The first-order valence-corrected chi connectivity index (χ1v) is 5.20. The number of hydrogen-bond donors (Lipinski definition) is 0. The van der Waals surface area contributed by atoms with E-state index in [4.69, 9.17) is 0 Å². The summed E-state index contributed by atoms with van der Waals surface area (Å²) in [5.41, 5.74) is 2.74. The van der Waals surface area contributed by atoms with Gasteiger partial charge in [-0.25, -0.2) is 0 Å². The van der Waals surface area contributed by atoms with E-state index in [9.17, 15) is 0 Å². The first-order valence-electron chi connectivity index (χ1n) is 4.32. The maximum Gasteiger partial charge on any atom is 0.0120 e. The predicted molar refractivity (Wildman–Crippen MR) is 56.9 cm³/mol. The minimum Gasteiger partial charge on any atom is -0.148 e. The largest absolute Gasteiger partial charge is 0.148 e. The van der Waals surface area contributed by atoms with Crippen molar-refractivity contribution >= 4 is 11.3 Å². The molecule has 0 aromatic carbocycles. The first-order chi connectivity index (χ1) is 5.61. The van der Waals surface area contributed by atoms with Crippen molar-refractivity contribution in [1.29, 1.82) is 0 Å². The second-order valence-electron chi connectivity index (χ2n) is 3.59. The van der Waals surface area contributed by atoms with E-state index in [1.54, 1.807) is 0 Å². The molecule has 66 valence electrons. The summed E-state index contributed by atoms with van der Waals surface area (Å²) in [7, 11) is 0. The van der Waals surface area contributed by atoms with Gasteiger partial charge in [0.1, 0.15) is 0 Å². The molecule has 0 saturated heterocycles. The molecule has 0 aliphatic heterocycles. The van der Waals surface area contributed by atoms with E-state index < -0.39 is 0 Å². The van der Waals surface area contributed by atoms with Crippen LogP contribution < -0.4 is 0 Å². The molecule has 0 bridgehead atoms. The van der Waals surface area contributed by atoms with Crippen molar-refractivity contribution in [3.05, 3.63) is 34.0 Å². The lowest BCUT2D eigenvalue weighted by Gasteiger charge is -2.06. The van der Waals surface area contributed by atoms with Gasteiger partial charge >= 0.3 is 0 Å². The van der Waals surface area contributed by atoms with Gasteiger partial charge in [0.2, 0.25) is 0 Å². The van der Waals surface area contributed by atoms with Gasteiger partial charge in [0.05, 0.1) is 0 Å². The maximum absolute atomic E-state index is 3.94. The molecule has 0 fully saturated rings. The third kappa shape index (κ3) is 2.21. The summed E-state index contributed by atoms with van der Waals surface area (Å²) < 4.78 is 0. The summed E-state index contributed by atoms with van der Waals surface area (Å²) in [6, 6.07) is 2.23. The van der Waals surface area contributed by atoms with Gasteiger partial charge in [-0.2, -0.15) is 0 Å². The van der Waals surface area contributed by atoms with Gasteiger partial charge in [-0.15, -0.1) is 11.3 Å². The summed E-state index contributed by atoms with van der Waals surface area (Å²) in [4.78, 5) is 1.48. The van der Waals surface area contributed by atoms with Crippen LogP contribution in [0.25, 0.3) is 0 Å². The Morgan fingerprint density at radius 1 is 1.58 bits per heavy atom. The summed E-state index contributed by atoms with van der Waals surface area (Å²) in [5.74, 6) is 0.644. The molecule has 0 unspecified atom stereocenters. The fourth-order valence-electron chi connectivity index (χ4n) is 1.28. The van der Waals surface area contributed by atoms with Crippen LogP contribution in [0.4, 0.5) is 0 Å². The van der Waals surface area contributed by atoms with E-state index in [0.717, 1.165) is 6.42 Å². The summed E-state index contributed by atoms with van der Waals surface area (Å²) >= 11 is 1.85. The number of allylic oxidation sites excluding steroid dienone is 1. The fourth-order valence-corrected chi connectivity index (χ4v) is 2.43. The van der Waals surface area contributed by atoms with Crippen molar-refractivity contribution in [2.24, 2.45) is 0 Å². The van der Waals surface area contributed by atoms with Gasteiger partial charge in [-0.05, 0) is 29.9 Å². The van der Waals surface area contributed by atoms with Crippen molar-refractivity contribution in [3.63, 3.8) is 0 Å². The summed E-state index contributed by atoms with van der Waals surface area (Å²) in [6.45, 7) is 10.5. The van der Waals surface area contributed by atoms with Crippen LogP contribution in [0, 0.1) is 0 Å². The zero-order valence-electron chi connectivity index (χ0n) is 8.05. The van der Waals surface area contributed by atoms with Crippen LogP contribution in [0.1, 0.15) is 37.1 Å². The van der Waals surface area contributed by atoms with Crippen molar-refractivity contribution in [2.75, 3.05) is 0 Å². The van der Waals surface area contributed by atoms with Crippen LogP contribution in [0.5, 0.6) is 0 Å². The first kappa shape index (κ1) is 9.53. The highest BCUT2D eigenvalue weighted by Crippen LogP contribution is 2.26. The lowest BCUT2D eigenvalue weighted by molar-refractivity contribution is 0.857. The van der Waals surface area contributed by atoms with E-state index >= 15 is 0 Å². The Morgan fingerprint density at radius 3 is 2.75 bits per heavy atom. The monoisotopic (exact) mass is 180 g/mol. The lowest BCUT2D eigenvalue weighted by atomic mass is 10.0. The molecular weight excluding hydrogens is 164 g/mol. The topological polar surface area (TPSA) is 0 Å². The van der Waals surface area contributed by atoms with Crippen molar-refractivity contribution in [3.8, 4) is 0 Å². The minimum absolute atomic E-state index is 0.644. The molecular formula is C11H16S. The molecule has 1 rings (SSSR count). The van der Waals surface area contributed by atoms with Gasteiger partial charge in [-0.3, -0.25) is 0 Å². The molecule has 0 atom stereocenters. The van der Waals surface area contributed by atoms with Crippen molar-refractivity contribution in [2.45, 2.75) is 33.1 Å². The molecule has 0 saturated carbocycles.